The average molecular weight is 560 g/mol. The van der Waals surface area contributed by atoms with Gasteiger partial charge in [-0.25, -0.2) is 13.7 Å². The van der Waals surface area contributed by atoms with Crippen LogP contribution in [0.5, 0.6) is 0 Å². The second kappa shape index (κ2) is 10.2. The minimum atomic E-state index is -5.30. The number of nitrogens with two attached hydrogens (primary N) is 1. The summed E-state index contributed by atoms with van der Waals surface area (Å²) in [6.07, 6.45) is -9.87. The summed E-state index contributed by atoms with van der Waals surface area (Å²) in [6.45, 7) is -1.78. The summed E-state index contributed by atoms with van der Waals surface area (Å²) in [7, 11) is -10.6. The van der Waals surface area contributed by atoms with Crippen molar-refractivity contribution in [3.05, 3.63) is 12.7 Å². The molecular weight excluding hydrogens is 536 g/mol. The molecule has 0 bridgehead atoms. The van der Waals surface area contributed by atoms with Crippen molar-refractivity contribution in [1.29, 1.82) is 0 Å². The van der Waals surface area contributed by atoms with Gasteiger partial charge in [0.25, 0.3) is 0 Å². The van der Waals surface area contributed by atoms with Gasteiger partial charge in [-0.1, -0.05) is 4.98 Å². The maximum absolute atomic E-state index is 12.2. The highest BCUT2D eigenvalue weighted by Gasteiger charge is 2.48. The molecule has 0 saturated carbocycles. The van der Waals surface area contributed by atoms with E-state index >= 15 is 0 Å². The van der Waals surface area contributed by atoms with Gasteiger partial charge >= 0.3 is 21.3 Å². The number of ether oxygens (including phenoxy) is 2. The standard InChI is InChI=1S/C15H23N5O14P2/c16-12-7-13(18-3-17-12)20(4-19-7)14-10(23)8(21)5(32-14)1-30-35(26,27)34-36(28,29)31-2-6-9(22)11(24)15(25)33-6/h3-6,8-11,14-15,21-25H,1-2H2,(H4,16,17,18,26,27,28,29)/p+1. The van der Waals surface area contributed by atoms with Gasteiger partial charge in [-0.15, -0.1) is 0 Å². The van der Waals surface area contributed by atoms with E-state index < -0.39 is 78.0 Å². The molecule has 2 aliphatic heterocycles. The summed E-state index contributed by atoms with van der Waals surface area (Å²) in [5.74, 6) is 0.113. The Labute approximate surface area is 200 Å². The average Bonchev–Trinajstić information content (AvgIpc) is 3.42. The van der Waals surface area contributed by atoms with Gasteiger partial charge in [0, 0.05) is 0 Å². The molecule has 4 heterocycles. The number of aromatic amines is 1. The minimum absolute atomic E-state index is 0.113. The van der Waals surface area contributed by atoms with Gasteiger partial charge in [0.2, 0.25) is 11.7 Å². The lowest BCUT2D eigenvalue weighted by atomic mass is 10.1. The molecule has 0 aromatic carbocycles. The van der Waals surface area contributed by atoms with E-state index in [1.54, 1.807) is 0 Å². The number of nitrogens with one attached hydrogen (secondary N) is 1. The number of hydrogen-bond donors (Lipinski definition) is 9. The summed E-state index contributed by atoms with van der Waals surface area (Å²) < 4.78 is 48.9. The first-order valence-corrected chi connectivity index (χ1v) is 13.1. The number of anilines is 1. The number of phosphoric acid groups is 2. The first kappa shape index (κ1) is 27.4. The van der Waals surface area contributed by atoms with Gasteiger partial charge in [0.15, 0.2) is 24.8 Å². The van der Waals surface area contributed by atoms with Gasteiger partial charge in [0.05, 0.1) is 13.2 Å². The fraction of sp³-hybridized carbons (Fsp3) is 0.667. The molecule has 202 valence electrons. The maximum atomic E-state index is 12.2. The molecule has 19 nitrogen and oxygen atoms in total. The SMILES string of the molecule is Nc1ncnc2c1[nH]c[n+]2C1OC(COP(=O)(O)OP(=O)(O)OCC2OC(O)C(O)C2O)C(O)C1O. The quantitative estimate of drug-likeness (QED) is 0.105. The Kier molecular flexibility index (Phi) is 7.78. The molecule has 36 heavy (non-hydrogen) atoms. The number of imidazole rings is 1. The van der Waals surface area contributed by atoms with E-state index in [1.165, 1.54) is 17.2 Å². The van der Waals surface area contributed by atoms with E-state index in [1.807, 2.05) is 0 Å². The fourth-order valence-corrected chi connectivity index (χ4v) is 5.68. The van der Waals surface area contributed by atoms with E-state index in [4.69, 9.17) is 15.2 Å². The molecule has 0 aliphatic carbocycles. The van der Waals surface area contributed by atoms with E-state index in [0.717, 1.165) is 0 Å². The Hall–Kier alpha value is -1.67. The molecule has 21 heteroatoms. The predicted octanol–water partition coefficient (Wildman–Crippen LogP) is -3.86. The number of fused-ring (bicyclic) bond motifs is 1. The summed E-state index contributed by atoms with van der Waals surface area (Å²) in [6, 6.07) is 0. The molecule has 0 spiro atoms. The van der Waals surface area contributed by atoms with Crippen molar-refractivity contribution < 1.29 is 71.8 Å². The number of H-pyrrole nitrogens is 1. The second-order valence-corrected chi connectivity index (χ2v) is 10.9. The van der Waals surface area contributed by atoms with Crippen molar-refractivity contribution in [1.82, 2.24) is 15.0 Å². The molecule has 2 saturated heterocycles. The van der Waals surface area contributed by atoms with Crippen molar-refractivity contribution in [2.24, 2.45) is 0 Å². The number of aliphatic hydroxyl groups is 5. The monoisotopic (exact) mass is 560 g/mol. The zero-order valence-corrected chi connectivity index (χ0v) is 19.8. The van der Waals surface area contributed by atoms with Crippen LogP contribution in [0.2, 0.25) is 0 Å². The van der Waals surface area contributed by atoms with Crippen LogP contribution in [0.4, 0.5) is 5.82 Å². The summed E-state index contributed by atoms with van der Waals surface area (Å²) >= 11 is 0. The van der Waals surface area contributed by atoms with Gasteiger partial charge in [-0.3, -0.25) is 14.0 Å². The van der Waals surface area contributed by atoms with Crippen molar-refractivity contribution >= 4 is 32.6 Å². The van der Waals surface area contributed by atoms with Crippen LogP contribution in [-0.2, 0) is 32.0 Å². The van der Waals surface area contributed by atoms with Crippen LogP contribution in [0, 0.1) is 0 Å². The highest BCUT2D eigenvalue weighted by atomic mass is 31.3. The maximum Gasteiger partial charge on any atom is 0.481 e. The van der Waals surface area contributed by atoms with E-state index in [9.17, 15) is 44.4 Å². The topological polar surface area (TPSA) is 293 Å². The van der Waals surface area contributed by atoms with Gasteiger partial charge < -0.3 is 50.5 Å². The molecule has 2 fully saturated rings. The number of nitrogen functional groups attached to an aromatic ring is 1. The summed E-state index contributed by atoms with van der Waals surface area (Å²) in [4.78, 5) is 30.1. The third-order valence-corrected chi connectivity index (χ3v) is 8.01. The van der Waals surface area contributed by atoms with Crippen molar-refractivity contribution in [3.8, 4) is 0 Å². The number of nitrogens with zero attached hydrogens (tertiary/aromatic N) is 3. The molecule has 0 radical (unpaired) electrons. The lowest BCUT2D eigenvalue weighted by Crippen LogP contribution is -2.45. The number of phosphoric ester groups is 2. The van der Waals surface area contributed by atoms with Crippen LogP contribution in [0.1, 0.15) is 6.23 Å². The van der Waals surface area contributed by atoms with Crippen LogP contribution in [-0.4, -0.2) is 106 Å². The molecule has 2 aromatic rings. The Bertz CT molecular complexity index is 1180. The van der Waals surface area contributed by atoms with E-state index in [0.29, 0.717) is 5.52 Å². The Balaban J connectivity index is 1.34. The molecule has 4 rings (SSSR count). The number of hydrogen-bond acceptors (Lipinski definition) is 15. The molecule has 10 N–H and O–H groups in total. The second-order valence-electron chi connectivity index (χ2n) is 7.84. The molecular formula is C15H24N5O14P2+. The normalized spacial score (nSPS) is 36.2. The number of aliphatic hydroxyl groups excluding tert-OH is 5. The van der Waals surface area contributed by atoms with Crippen LogP contribution in [0.15, 0.2) is 12.7 Å². The Morgan fingerprint density at radius 1 is 0.944 bits per heavy atom. The van der Waals surface area contributed by atoms with Crippen LogP contribution in [0.25, 0.3) is 11.2 Å². The van der Waals surface area contributed by atoms with Crippen LogP contribution < -0.4 is 10.3 Å². The van der Waals surface area contributed by atoms with E-state index in [2.05, 4.69) is 28.3 Å². The number of rotatable bonds is 9. The summed E-state index contributed by atoms with van der Waals surface area (Å²) in [5.41, 5.74) is 6.30. The largest absolute Gasteiger partial charge is 0.481 e. The van der Waals surface area contributed by atoms with Gasteiger partial charge in [-0.05, 0) is 0 Å². The Morgan fingerprint density at radius 3 is 2.11 bits per heavy atom. The predicted molar refractivity (Wildman–Crippen MR) is 110 cm³/mol. The lowest BCUT2D eigenvalue weighted by Gasteiger charge is -2.20. The van der Waals surface area contributed by atoms with Crippen LogP contribution in [0.3, 0.4) is 0 Å². The van der Waals surface area contributed by atoms with Gasteiger partial charge in [0.1, 0.15) is 36.6 Å². The first-order chi connectivity index (χ1) is 16.8. The smallest absolute Gasteiger partial charge is 0.387 e. The summed E-state index contributed by atoms with van der Waals surface area (Å²) in [5, 5.41) is 49.0. The van der Waals surface area contributed by atoms with Crippen molar-refractivity contribution in [3.63, 3.8) is 0 Å². The third kappa shape index (κ3) is 5.59. The zero-order valence-electron chi connectivity index (χ0n) is 18.0. The molecule has 2 aliphatic rings. The van der Waals surface area contributed by atoms with Crippen molar-refractivity contribution in [2.45, 2.75) is 49.1 Å². The van der Waals surface area contributed by atoms with E-state index in [-0.39, 0.29) is 11.5 Å². The van der Waals surface area contributed by atoms with Crippen molar-refractivity contribution in [2.75, 3.05) is 18.9 Å². The molecule has 10 atom stereocenters. The lowest BCUT2D eigenvalue weighted by molar-refractivity contribution is -0.745. The fourth-order valence-electron chi connectivity index (χ4n) is 3.59. The highest BCUT2D eigenvalue weighted by molar-refractivity contribution is 7.61. The van der Waals surface area contributed by atoms with Gasteiger partial charge in [-0.2, -0.15) is 9.29 Å². The molecule has 2 aromatic heterocycles. The first-order valence-electron chi connectivity index (χ1n) is 10.2. The molecule has 0 amide bonds. The van der Waals surface area contributed by atoms with Crippen LogP contribution >= 0.6 is 15.6 Å². The highest BCUT2D eigenvalue weighted by Crippen LogP contribution is 2.60. The minimum Gasteiger partial charge on any atom is -0.387 e. The Morgan fingerprint density at radius 2 is 1.53 bits per heavy atom. The number of aromatic nitrogens is 4. The zero-order chi connectivity index (χ0) is 26.4. The third-order valence-electron chi connectivity index (χ3n) is 5.41. The molecule has 10 unspecified atom stereocenters.